The molecule has 1 aliphatic rings. The second kappa shape index (κ2) is 9.86. The summed E-state index contributed by atoms with van der Waals surface area (Å²) in [5.41, 5.74) is 1.29. The average Bonchev–Trinajstić information content (AvgIpc) is 2.85. The highest BCUT2D eigenvalue weighted by atomic mass is 19.2. The summed E-state index contributed by atoms with van der Waals surface area (Å²) in [5.74, 6) is -6.52. The molecule has 0 N–H and O–H groups in total. The monoisotopic (exact) mass is 474 g/mol. The molecule has 0 aromatic heterocycles. The molecule has 0 spiro atoms. The highest BCUT2D eigenvalue weighted by Crippen LogP contribution is 2.31. The molecule has 1 heterocycles. The van der Waals surface area contributed by atoms with Crippen molar-refractivity contribution in [1.82, 2.24) is 0 Å². The van der Waals surface area contributed by atoms with Crippen molar-refractivity contribution in [2.24, 2.45) is 0 Å². The fourth-order valence-electron chi connectivity index (χ4n) is 3.31. The van der Waals surface area contributed by atoms with Crippen LogP contribution in [-0.2, 0) is 6.61 Å². The van der Waals surface area contributed by atoms with Gasteiger partial charge in [0.25, 0.3) is 0 Å². The van der Waals surface area contributed by atoms with Crippen LogP contribution in [0.25, 0.3) is 6.08 Å². The van der Waals surface area contributed by atoms with Gasteiger partial charge in [0.1, 0.15) is 25.6 Å². The molecule has 4 rings (SSSR count). The maximum atomic E-state index is 13.9. The lowest BCUT2D eigenvalue weighted by Crippen LogP contribution is -2.15. The maximum Gasteiger partial charge on any atom is 0.203 e. The number of rotatable bonds is 7. The van der Waals surface area contributed by atoms with E-state index in [1.54, 1.807) is 36.4 Å². The van der Waals surface area contributed by atoms with Crippen molar-refractivity contribution < 1.29 is 41.3 Å². The third-order valence-corrected chi connectivity index (χ3v) is 5.00. The van der Waals surface area contributed by atoms with E-state index < -0.39 is 35.6 Å². The summed E-state index contributed by atoms with van der Waals surface area (Å²) in [6.07, 6.45) is 2.88. The van der Waals surface area contributed by atoms with E-state index >= 15 is 0 Å². The van der Waals surface area contributed by atoms with Crippen LogP contribution in [0, 0.1) is 23.3 Å². The van der Waals surface area contributed by atoms with Crippen molar-refractivity contribution in [2.45, 2.75) is 6.61 Å². The van der Waals surface area contributed by atoms with Crippen LogP contribution in [0.3, 0.4) is 0 Å². The van der Waals surface area contributed by atoms with Gasteiger partial charge in [-0.05, 0) is 42.0 Å². The van der Waals surface area contributed by atoms with Crippen LogP contribution in [0.5, 0.6) is 23.0 Å². The number of hydrogen-bond donors (Lipinski definition) is 0. The molecule has 0 fully saturated rings. The van der Waals surface area contributed by atoms with Gasteiger partial charge >= 0.3 is 0 Å². The van der Waals surface area contributed by atoms with Gasteiger partial charge in [0, 0.05) is 17.2 Å². The molecular formula is C25H18F4O5. The second-order valence-electron chi connectivity index (χ2n) is 7.21. The number of halogens is 4. The van der Waals surface area contributed by atoms with Gasteiger partial charge < -0.3 is 18.9 Å². The highest BCUT2D eigenvalue weighted by Gasteiger charge is 2.21. The largest absolute Gasteiger partial charge is 0.496 e. The zero-order chi connectivity index (χ0) is 24.2. The number of benzene rings is 3. The summed E-state index contributed by atoms with van der Waals surface area (Å²) in [4.78, 5) is 12.6. The second-order valence-corrected chi connectivity index (χ2v) is 7.21. The van der Waals surface area contributed by atoms with Crippen LogP contribution >= 0.6 is 0 Å². The van der Waals surface area contributed by atoms with E-state index in [4.69, 9.17) is 18.9 Å². The molecule has 3 aromatic rings. The van der Waals surface area contributed by atoms with Crippen LogP contribution in [0.1, 0.15) is 21.5 Å². The van der Waals surface area contributed by atoms with Gasteiger partial charge in [-0.3, -0.25) is 4.79 Å². The van der Waals surface area contributed by atoms with Gasteiger partial charge in [0.05, 0.1) is 7.11 Å². The topological polar surface area (TPSA) is 54.0 Å². The number of carbonyl (C=O) groups is 1. The molecule has 0 amide bonds. The Morgan fingerprint density at radius 1 is 0.941 bits per heavy atom. The first kappa shape index (κ1) is 23.2. The Kier molecular flexibility index (Phi) is 6.72. The predicted molar refractivity (Wildman–Crippen MR) is 114 cm³/mol. The normalized spacial score (nSPS) is 12.6. The van der Waals surface area contributed by atoms with Gasteiger partial charge in [-0.2, -0.15) is 8.78 Å². The molecule has 176 valence electrons. The first-order valence-corrected chi connectivity index (χ1v) is 10.1. The smallest absolute Gasteiger partial charge is 0.203 e. The minimum atomic E-state index is -1.64. The molecule has 0 aliphatic carbocycles. The first-order valence-electron chi connectivity index (χ1n) is 10.1. The van der Waals surface area contributed by atoms with Gasteiger partial charge in [0.2, 0.25) is 11.6 Å². The van der Waals surface area contributed by atoms with Gasteiger partial charge in [0.15, 0.2) is 34.7 Å². The average molecular weight is 474 g/mol. The van der Waals surface area contributed by atoms with E-state index in [1.807, 2.05) is 0 Å². The van der Waals surface area contributed by atoms with E-state index in [0.29, 0.717) is 47.2 Å². The number of carbonyl (C=O) groups excluding carboxylic acids is 1. The molecule has 0 saturated carbocycles. The number of ether oxygens (including phenoxy) is 4. The third-order valence-electron chi connectivity index (χ3n) is 5.00. The van der Waals surface area contributed by atoms with Crippen molar-refractivity contribution >= 4 is 11.9 Å². The van der Waals surface area contributed by atoms with Crippen molar-refractivity contribution in [1.29, 1.82) is 0 Å². The lowest BCUT2D eigenvalue weighted by Gasteiger charge is -2.18. The molecule has 0 unspecified atom stereocenters. The minimum Gasteiger partial charge on any atom is -0.496 e. The third kappa shape index (κ3) is 4.83. The summed E-state index contributed by atoms with van der Waals surface area (Å²) in [5, 5.41) is 0. The van der Waals surface area contributed by atoms with Crippen LogP contribution in [0.15, 0.2) is 48.5 Å². The molecule has 0 bridgehead atoms. The summed E-state index contributed by atoms with van der Waals surface area (Å²) in [6.45, 7) is 0.391. The number of ketones is 1. The molecule has 34 heavy (non-hydrogen) atoms. The zero-order valence-corrected chi connectivity index (χ0v) is 17.9. The van der Waals surface area contributed by atoms with Crippen LogP contribution in [0.2, 0.25) is 0 Å². The molecule has 0 radical (unpaired) electrons. The van der Waals surface area contributed by atoms with Gasteiger partial charge in [-0.1, -0.05) is 12.1 Å². The summed E-state index contributed by atoms with van der Waals surface area (Å²) >= 11 is 0. The standard InChI is InChI=1S/C25H18F4O5/c1-31-20-6-3-14(2-5-19(30)15-4-7-21-22(11-15)33-9-8-32-21)10-16(20)13-34-25-23(28)17(26)12-18(27)24(25)29/h2-7,10-12H,8-9,13H2,1H3/b5-2+. The number of fused-ring (bicyclic) bond motifs is 1. The Balaban J connectivity index is 1.52. The maximum absolute atomic E-state index is 13.9. The fourth-order valence-corrected chi connectivity index (χ4v) is 3.31. The predicted octanol–water partition coefficient (Wildman–Crippen LogP) is 5.50. The zero-order valence-electron chi connectivity index (χ0n) is 17.9. The molecule has 3 aromatic carbocycles. The van der Waals surface area contributed by atoms with E-state index in [-0.39, 0.29) is 11.8 Å². The van der Waals surface area contributed by atoms with Crippen LogP contribution in [0.4, 0.5) is 17.6 Å². The Morgan fingerprint density at radius 3 is 2.35 bits per heavy atom. The summed E-state index contributed by atoms with van der Waals surface area (Å²) in [6, 6.07) is 9.74. The lowest BCUT2D eigenvalue weighted by atomic mass is 10.1. The Bertz CT molecular complexity index is 1250. The minimum absolute atomic E-state index is 0.0994. The Morgan fingerprint density at radius 2 is 1.65 bits per heavy atom. The summed E-state index contributed by atoms with van der Waals surface area (Å²) in [7, 11) is 1.38. The van der Waals surface area contributed by atoms with Crippen LogP contribution < -0.4 is 18.9 Å². The van der Waals surface area contributed by atoms with Gasteiger partial charge in [-0.15, -0.1) is 0 Å². The highest BCUT2D eigenvalue weighted by molar-refractivity contribution is 6.07. The Labute approximate surface area is 192 Å². The van der Waals surface area contributed by atoms with Crippen LogP contribution in [-0.4, -0.2) is 26.1 Å². The molecule has 1 aliphatic heterocycles. The van der Waals surface area contributed by atoms with E-state index in [2.05, 4.69) is 0 Å². The quantitative estimate of drug-likeness (QED) is 0.196. The first-order chi connectivity index (χ1) is 16.4. The van der Waals surface area contributed by atoms with Crippen molar-refractivity contribution in [3.8, 4) is 23.0 Å². The molecule has 5 nitrogen and oxygen atoms in total. The van der Waals surface area contributed by atoms with Crippen molar-refractivity contribution in [3.63, 3.8) is 0 Å². The number of allylic oxidation sites excluding steroid dienone is 1. The van der Waals surface area contributed by atoms with Crippen molar-refractivity contribution in [2.75, 3.05) is 20.3 Å². The number of methoxy groups -OCH3 is 1. The molecule has 0 saturated heterocycles. The lowest BCUT2D eigenvalue weighted by molar-refractivity contribution is 0.104. The fraction of sp³-hybridized carbons (Fsp3) is 0.160. The molecule has 0 atom stereocenters. The van der Waals surface area contributed by atoms with E-state index in [1.165, 1.54) is 19.3 Å². The summed E-state index contributed by atoms with van der Waals surface area (Å²) < 4.78 is 75.8. The van der Waals surface area contributed by atoms with E-state index in [9.17, 15) is 22.4 Å². The van der Waals surface area contributed by atoms with Gasteiger partial charge in [-0.25, -0.2) is 8.78 Å². The SMILES string of the molecule is COc1ccc(/C=C/C(=O)c2ccc3c(c2)OCCO3)cc1COc1c(F)c(F)cc(F)c1F. The molecular weight excluding hydrogens is 456 g/mol. The number of hydrogen-bond acceptors (Lipinski definition) is 5. The van der Waals surface area contributed by atoms with E-state index in [0.717, 1.165) is 0 Å². The van der Waals surface area contributed by atoms with Crippen molar-refractivity contribution in [3.05, 3.63) is 88.5 Å². The Hall–Kier alpha value is -4.01. The molecule has 9 heteroatoms.